The molecule has 0 unspecified atom stereocenters. The largest absolute Gasteiger partial charge is 0.381 e. The van der Waals surface area contributed by atoms with E-state index in [1.54, 1.807) is 18.2 Å². The van der Waals surface area contributed by atoms with Crippen LogP contribution in [0.2, 0.25) is 5.02 Å². The van der Waals surface area contributed by atoms with Crippen LogP contribution in [-0.2, 0) is 6.54 Å². The van der Waals surface area contributed by atoms with Gasteiger partial charge in [0.1, 0.15) is 5.82 Å². The van der Waals surface area contributed by atoms with Gasteiger partial charge in [0, 0.05) is 17.3 Å². The molecule has 0 atom stereocenters. The second-order valence-electron chi connectivity index (χ2n) is 4.23. The van der Waals surface area contributed by atoms with Crippen LogP contribution in [0.4, 0.5) is 10.1 Å². The van der Waals surface area contributed by atoms with Crippen LogP contribution in [0, 0.1) is 24.1 Å². The van der Waals surface area contributed by atoms with Gasteiger partial charge < -0.3 is 5.32 Å². The minimum Gasteiger partial charge on any atom is -0.381 e. The first-order valence-corrected chi connectivity index (χ1v) is 6.16. The number of anilines is 1. The molecule has 2 aromatic carbocycles. The molecule has 4 heteroatoms. The first kappa shape index (κ1) is 13.4. The lowest BCUT2D eigenvalue weighted by atomic mass is 10.1. The highest BCUT2D eigenvalue weighted by Crippen LogP contribution is 2.21. The SMILES string of the molecule is Cc1cc(F)ccc1NCc1ccc(C#N)cc1Cl. The van der Waals surface area contributed by atoms with Crippen LogP contribution >= 0.6 is 11.6 Å². The number of hydrogen-bond donors (Lipinski definition) is 1. The van der Waals surface area contributed by atoms with Crippen LogP contribution in [-0.4, -0.2) is 0 Å². The van der Waals surface area contributed by atoms with Crippen molar-refractivity contribution in [3.8, 4) is 6.07 Å². The Bertz CT molecular complexity index is 647. The van der Waals surface area contributed by atoms with Crippen LogP contribution in [0.15, 0.2) is 36.4 Å². The van der Waals surface area contributed by atoms with Gasteiger partial charge in [-0.15, -0.1) is 0 Å². The smallest absolute Gasteiger partial charge is 0.123 e. The van der Waals surface area contributed by atoms with Gasteiger partial charge in [0.25, 0.3) is 0 Å². The molecule has 0 aliphatic heterocycles. The Kier molecular flexibility index (Phi) is 4.03. The highest BCUT2D eigenvalue weighted by Gasteiger charge is 2.04. The van der Waals surface area contributed by atoms with Crippen molar-refractivity contribution in [2.75, 3.05) is 5.32 Å². The number of halogens is 2. The lowest BCUT2D eigenvalue weighted by Crippen LogP contribution is -2.02. The van der Waals surface area contributed by atoms with Crippen molar-refractivity contribution in [1.82, 2.24) is 0 Å². The zero-order valence-electron chi connectivity index (χ0n) is 10.4. The van der Waals surface area contributed by atoms with Crippen LogP contribution in [0.3, 0.4) is 0 Å². The molecule has 2 nitrogen and oxygen atoms in total. The highest BCUT2D eigenvalue weighted by atomic mass is 35.5. The van der Waals surface area contributed by atoms with Crippen LogP contribution in [0.1, 0.15) is 16.7 Å². The van der Waals surface area contributed by atoms with Gasteiger partial charge in [0.15, 0.2) is 0 Å². The molecule has 0 fully saturated rings. The average Bonchev–Trinajstić information content (AvgIpc) is 2.39. The fourth-order valence-corrected chi connectivity index (χ4v) is 2.02. The fraction of sp³-hybridized carbons (Fsp3) is 0.133. The summed E-state index contributed by atoms with van der Waals surface area (Å²) in [5.41, 5.74) is 3.13. The number of nitrogens with one attached hydrogen (secondary N) is 1. The number of nitrogens with zero attached hydrogens (tertiary/aromatic N) is 1. The molecule has 96 valence electrons. The molecular formula is C15H12ClFN2. The number of rotatable bonds is 3. The summed E-state index contributed by atoms with van der Waals surface area (Å²) in [5.74, 6) is -0.251. The Hall–Kier alpha value is -2.05. The maximum atomic E-state index is 13.0. The molecule has 0 bridgehead atoms. The van der Waals surface area contributed by atoms with Crippen molar-refractivity contribution < 1.29 is 4.39 Å². The van der Waals surface area contributed by atoms with E-state index in [0.29, 0.717) is 17.1 Å². The Labute approximate surface area is 116 Å². The standard InChI is InChI=1S/C15H12ClFN2/c1-10-6-13(17)4-5-15(10)19-9-12-3-2-11(8-18)7-14(12)16/h2-7,19H,9H2,1H3. The van der Waals surface area contributed by atoms with Gasteiger partial charge >= 0.3 is 0 Å². The molecule has 0 aliphatic carbocycles. The minimum absolute atomic E-state index is 0.251. The van der Waals surface area contributed by atoms with E-state index in [0.717, 1.165) is 16.8 Å². The molecule has 0 saturated heterocycles. The Balaban J connectivity index is 2.13. The number of benzene rings is 2. The summed E-state index contributed by atoms with van der Waals surface area (Å²) in [6, 6.07) is 11.8. The molecule has 0 amide bonds. The van der Waals surface area contributed by atoms with E-state index in [2.05, 4.69) is 5.32 Å². The molecule has 0 heterocycles. The van der Waals surface area contributed by atoms with Gasteiger partial charge in [-0.1, -0.05) is 17.7 Å². The lowest BCUT2D eigenvalue weighted by Gasteiger charge is -2.10. The molecule has 0 saturated carbocycles. The predicted octanol–water partition coefficient (Wildman–Crippen LogP) is 4.27. The highest BCUT2D eigenvalue weighted by molar-refractivity contribution is 6.31. The zero-order valence-corrected chi connectivity index (χ0v) is 11.1. The average molecular weight is 275 g/mol. The van der Waals surface area contributed by atoms with E-state index in [4.69, 9.17) is 16.9 Å². The molecular weight excluding hydrogens is 263 g/mol. The summed E-state index contributed by atoms with van der Waals surface area (Å²) in [6.45, 7) is 2.36. The van der Waals surface area contributed by atoms with Crippen molar-refractivity contribution in [3.63, 3.8) is 0 Å². The van der Waals surface area contributed by atoms with E-state index in [1.807, 2.05) is 19.1 Å². The van der Waals surface area contributed by atoms with Gasteiger partial charge in [-0.3, -0.25) is 0 Å². The third-order valence-electron chi connectivity index (χ3n) is 2.84. The van der Waals surface area contributed by atoms with E-state index in [9.17, 15) is 4.39 Å². The first-order valence-electron chi connectivity index (χ1n) is 5.78. The molecule has 0 aromatic heterocycles. The van der Waals surface area contributed by atoms with Crippen molar-refractivity contribution in [2.24, 2.45) is 0 Å². The van der Waals surface area contributed by atoms with Gasteiger partial charge in [-0.25, -0.2) is 4.39 Å². The Morgan fingerprint density at radius 3 is 2.68 bits per heavy atom. The summed E-state index contributed by atoms with van der Waals surface area (Å²) in [7, 11) is 0. The first-order chi connectivity index (χ1) is 9.10. The molecule has 0 aliphatic rings. The fourth-order valence-electron chi connectivity index (χ4n) is 1.78. The Morgan fingerprint density at radius 2 is 2.05 bits per heavy atom. The molecule has 2 aromatic rings. The van der Waals surface area contributed by atoms with Crippen molar-refractivity contribution in [2.45, 2.75) is 13.5 Å². The molecule has 0 spiro atoms. The second-order valence-corrected chi connectivity index (χ2v) is 4.64. The summed E-state index contributed by atoms with van der Waals surface area (Å²) in [6.07, 6.45) is 0. The second kappa shape index (κ2) is 5.73. The maximum absolute atomic E-state index is 13.0. The molecule has 19 heavy (non-hydrogen) atoms. The van der Waals surface area contributed by atoms with Crippen LogP contribution in [0.25, 0.3) is 0 Å². The number of hydrogen-bond acceptors (Lipinski definition) is 2. The van der Waals surface area contributed by atoms with E-state index >= 15 is 0 Å². The van der Waals surface area contributed by atoms with Gasteiger partial charge in [-0.05, 0) is 48.4 Å². The number of aryl methyl sites for hydroxylation is 1. The van der Waals surface area contributed by atoms with Crippen LogP contribution in [0.5, 0.6) is 0 Å². The van der Waals surface area contributed by atoms with Crippen molar-refractivity contribution in [3.05, 3.63) is 63.9 Å². The van der Waals surface area contributed by atoms with E-state index in [1.165, 1.54) is 12.1 Å². The Morgan fingerprint density at radius 1 is 1.26 bits per heavy atom. The lowest BCUT2D eigenvalue weighted by molar-refractivity contribution is 0.627. The minimum atomic E-state index is -0.251. The molecule has 2 rings (SSSR count). The summed E-state index contributed by atoms with van der Waals surface area (Å²) in [5, 5.41) is 12.5. The summed E-state index contributed by atoms with van der Waals surface area (Å²) < 4.78 is 13.0. The van der Waals surface area contributed by atoms with Gasteiger partial charge in [-0.2, -0.15) is 5.26 Å². The van der Waals surface area contributed by atoms with Gasteiger partial charge in [0.2, 0.25) is 0 Å². The van der Waals surface area contributed by atoms with E-state index < -0.39 is 0 Å². The van der Waals surface area contributed by atoms with Crippen LogP contribution < -0.4 is 5.32 Å². The third kappa shape index (κ3) is 3.24. The van der Waals surface area contributed by atoms with Crippen molar-refractivity contribution in [1.29, 1.82) is 5.26 Å². The quantitative estimate of drug-likeness (QED) is 0.907. The third-order valence-corrected chi connectivity index (χ3v) is 3.19. The molecule has 1 N–H and O–H groups in total. The monoisotopic (exact) mass is 274 g/mol. The topological polar surface area (TPSA) is 35.8 Å². The normalized spacial score (nSPS) is 10.0. The maximum Gasteiger partial charge on any atom is 0.123 e. The van der Waals surface area contributed by atoms with E-state index in [-0.39, 0.29) is 5.82 Å². The summed E-state index contributed by atoms with van der Waals surface area (Å²) in [4.78, 5) is 0. The zero-order chi connectivity index (χ0) is 13.8. The molecule has 0 radical (unpaired) electrons. The van der Waals surface area contributed by atoms with Crippen molar-refractivity contribution >= 4 is 17.3 Å². The predicted molar refractivity (Wildman–Crippen MR) is 74.6 cm³/mol. The summed E-state index contributed by atoms with van der Waals surface area (Å²) >= 11 is 6.09. The van der Waals surface area contributed by atoms with Gasteiger partial charge in [0.05, 0.1) is 11.6 Å². The number of nitriles is 1.